The lowest BCUT2D eigenvalue weighted by Crippen LogP contribution is -2.34. The molecule has 3 aliphatic heterocycles. The number of aromatic nitrogens is 2. The largest absolute Gasteiger partial charge is 0.586 e. The van der Waals surface area contributed by atoms with Crippen molar-refractivity contribution < 1.29 is 23.0 Å². The number of fused-ring (bicyclic) bond motifs is 2. The van der Waals surface area contributed by atoms with Gasteiger partial charge in [0, 0.05) is 36.5 Å². The van der Waals surface area contributed by atoms with Crippen molar-refractivity contribution >= 4 is 0 Å². The van der Waals surface area contributed by atoms with Gasteiger partial charge in [-0.25, -0.2) is 4.98 Å². The minimum atomic E-state index is -3.63. The summed E-state index contributed by atoms with van der Waals surface area (Å²) in [5.74, 6) is 0.111. The van der Waals surface area contributed by atoms with Gasteiger partial charge in [0.1, 0.15) is 12.3 Å². The van der Waals surface area contributed by atoms with Crippen LogP contribution in [0.1, 0.15) is 23.1 Å². The van der Waals surface area contributed by atoms with E-state index in [1.165, 1.54) is 11.8 Å². The lowest BCUT2D eigenvalue weighted by molar-refractivity contribution is -0.287. The minimum Gasteiger partial charge on any atom is -0.395 e. The summed E-state index contributed by atoms with van der Waals surface area (Å²) >= 11 is 0. The third-order valence-electron chi connectivity index (χ3n) is 5.57. The average Bonchev–Trinajstić information content (AvgIpc) is 3.29. The third kappa shape index (κ3) is 2.79. The number of hydrogen-bond acceptors (Lipinski definition) is 5. The first-order chi connectivity index (χ1) is 14.1. The Labute approximate surface area is 165 Å². The first-order valence-electron chi connectivity index (χ1n) is 9.48. The molecule has 0 radical (unpaired) electrons. The maximum absolute atomic E-state index is 13.5. The van der Waals surface area contributed by atoms with Crippen LogP contribution in [0.4, 0.5) is 8.78 Å². The van der Waals surface area contributed by atoms with Crippen molar-refractivity contribution in [1.29, 1.82) is 0 Å². The number of benzene rings is 2. The first kappa shape index (κ1) is 16.9. The summed E-state index contributed by atoms with van der Waals surface area (Å²) in [4.78, 5) is 6.77. The second kappa shape index (κ2) is 6.01. The fourth-order valence-electron chi connectivity index (χ4n) is 4.18. The van der Waals surface area contributed by atoms with Crippen molar-refractivity contribution in [3.8, 4) is 17.2 Å². The first-order valence-corrected chi connectivity index (χ1v) is 9.48. The maximum Gasteiger partial charge on any atom is 0.586 e. The van der Waals surface area contributed by atoms with Crippen molar-refractivity contribution in [3.05, 3.63) is 71.8 Å². The van der Waals surface area contributed by atoms with Crippen LogP contribution in [-0.4, -0.2) is 33.5 Å². The van der Waals surface area contributed by atoms with Gasteiger partial charge in [-0.3, -0.25) is 4.90 Å². The lowest BCUT2D eigenvalue weighted by atomic mass is 10.1. The molecule has 2 atom stereocenters. The smallest absolute Gasteiger partial charge is 0.395 e. The van der Waals surface area contributed by atoms with Crippen LogP contribution >= 0.6 is 0 Å². The molecular formula is C21H17F2N3O3. The van der Waals surface area contributed by atoms with E-state index in [1.54, 1.807) is 12.1 Å². The summed E-state index contributed by atoms with van der Waals surface area (Å²) in [5, 5.41) is 0. The predicted molar refractivity (Wildman–Crippen MR) is 97.9 cm³/mol. The molecule has 6 nitrogen and oxygen atoms in total. The highest BCUT2D eigenvalue weighted by Crippen LogP contribution is 2.52. The van der Waals surface area contributed by atoms with Crippen molar-refractivity contribution in [1.82, 2.24) is 14.5 Å². The highest BCUT2D eigenvalue weighted by Gasteiger charge is 2.51. The lowest BCUT2D eigenvalue weighted by Gasteiger charge is -2.25. The molecule has 3 aliphatic rings. The van der Waals surface area contributed by atoms with Crippen LogP contribution in [0.5, 0.6) is 11.5 Å². The van der Waals surface area contributed by atoms with E-state index < -0.39 is 6.29 Å². The quantitative estimate of drug-likeness (QED) is 0.632. The molecule has 0 aliphatic carbocycles. The van der Waals surface area contributed by atoms with E-state index in [0.29, 0.717) is 12.1 Å². The van der Waals surface area contributed by atoms with Crippen LogP contribution in [0.2, 0.25) is 0 Å². The molecule has 29 heavy (non-hydrogen) atoms. The maximum atomic E-state index is 13.5. The van der Waals surface area contributed by atoms with Crippen LogP contribution in [0, 0.1) is 0 Å². The predicted octanol–water partition coefficient (Wildman–Crippen LogP) is 3.65. The average molecular weight is 397 g/mol. The third-order valence-corrected chi connectivity index (χ3v) is 5.57. The summed E-state index contributed by atoms with van der Waals surface area (Å²) in [5.41, 5.74) is 3.89. The molecule has 3 aromatic rings. The molecule has 0 spiro atoms. The molecule has 2 unspecified atom stereocenters. The fraction of sp³-hybridized carbons (Fsp3) is 0.286. The van der Waals surface area contributed by atoms with Gasteiger partial charge in [0.25, 0.3) is 0 Å². The standard InChI is InChI=1S/C21H17F2N3O3/c22-21(23)28-17-8-4-7-14(18(17)29-21)19-20(27-19)25-10-9-16-15(11-25)24-12-26(16)13-5-2-1-3-6-13/h1-8,12,19-20H,9-11H2. The number of epoxide rings is 1. The molecule has 148 valence electrons. The van der Waals surface area contributed by atoms with Crippen LogP contribution < -0.4 is 9.47 Å². The Bertz CT molecular complexity index is 1090. The Balaban J connectivity index is 1.21. The molecule has 2 aromatic carbocycles. The zero-order valence-electron chi connectivity index (χ0n) is 15.3. The van der Waals surface area contributed by atoms with E-state index in [-0.39, 0.29) is 23.8 Å². The van der Waals surface area contributed by atoms with Gasteiger partial charge in [0.2, 0.25) is 0 Å². The fourth-order valence-corrected chi connectivity index (χ4v) is 4.18. The number of para-hydroxylation sites is 2. The Kier molecular flexibility index (Phi) is 3.51. The summed E-state index contributed by atoms with van der Waals surface area (Å²) in [6, 6.07) is 15.0. The summed E-state index contributed by atoms with van der Waals surface area (Å²) in [7, 11) is 0. The summed E-state index contributed by atoms with van der Waals surface area (Å²) < 4.78 is 44.1. The van der Waals surface area contributed by atoms with E-state index >= 15 is 0 Å². The number of imidazole rings is 1. The van der Waals surface area contributed by atoms with Crippen molar-refractivity contribution in [3.63, 3.8) is 0 Å². The zero-order valence-corrected chi connectivity index (χ0v) is 15.3. The topological polar surface area (TPSA) is 52.0 Å². The molecule has 1 fully saturated rings. The van der Waals surface area contributed by atoms with Crippen molar-refractivity contribution in [2.24, 2.45) is 0 Å². The normalized spacial score (nSPS) is 24.3. The number of alkyl halides is 2. The van der Waals surface area contributed by atoms with Gasteiger partial charge in [-0.05, 0) is 18.2 Å². The van der Waals surface area contributed by atoms with Gasteiger partial charge in [0.05, 0.1) is 12.0 Å². The highest BCUT2D eigenvalue weighted by atomic mass is 19.3. The Morgan fingerprint density at radius 2 is 1.90 bits per heavy atom. The van der Waals surface area contributed by atoms with Crippen molar-refractivity contribution in [2.75, 3.05) is 6.54 Å². The second-order valence-electron chi connectivity index (χ2n) is 7.35. The molecule has 0 saturated carbocycles. The van der Waals surface area contributed by atoms with Crippen LogP contribution in [-0.2, 0) is 17.7 Å². The van der Waals surface area contributed by atoms with Crippen LogP contribution in [0.15, 0.2) is 54.9 Å². The molecule has 0 N–H and O–H groups in total. The number of ether oxygens (including phenoxy) is 3. The number of halogens is 2. The van der Waals surface area contributed by atoms with E-state index in [9.17, 15) is 8.78 Å². The number of nitrogens with zero attached hydrogens (tertiary/aromatic N) is 3. The number of rotatable bonds is 3. The minimum absolute atomic E-state index is 0.0456. The van der Waals surface area contributed by atoms with Gasteiger partial charge in [-0.15, -0.1) is 8.78 Å². The summed E-state index contributed by atoms with van der Waals surface area (Å²) in [6.07, 6.45) is -1.45. The molecule has 1 saturated heterocycles. The van der Waals surface area contributed by atoms with Gasteiger partial charge >= 0.3 is 6.29 Å². The molecule has 0 amide bonds. The van der Waals surface area contributed by atoms with E-state index in [4.69, 9.17) is 9.47 Å². The molecule has 1 aromatic heterocycles. The van der Waals surface area contributed by atoms with E-state index in [1.807, 2.05) is 24.5 Å². The zero-order chi connectivity index (χ0) is 19.6. The Morgan fingerprint density at radius 3 is 2.76 bits per heavy atom. The van der Waals surface area contributed by atoms with Crippen molar-refractivity contribution in [2.45, 2.75) is 31.6 Å². The molecule has 8 heteroatoms. The monoisotopic (exact) mass is 397 g/mol. The van der Waals surface area contributed by atoms with Crippen LogP contribution in [0.3, 0.4) is 0 Å². The highest BCUT2D eigenvalue weighted by molar-refractivity contribution is 5.51. The van der Waals surface area contributed by atoms with Crippen LogP contribution in [0.25, 0.3) is 5.69 Å². The molecule has 6 rings (SSSR count). The number of hydrogen-bond donors (Lipinski definition) is 0. The Hall–Kier alpha value is -2.97. The molecule has 4 heterocycles. The molecule has 0 bridgehead atoms. The summed E-state index contributed by atoms with van der Waals surface area (Å²) in [6.45, 7) is 1.45. The van der Waals surface area contributed by atoms with Gasteiger partial charge in [-0.1, -0.05) is 30.3 Å². The van der Waals surface area contributed by atoms with E-state index in [0.717, 1.165) is 24.3 Å². The van der Waals surface area contributed by atoms with Gasteiger partial charge in [-0.2, -0.15) is 0 Å². The SMILES string of the molecule is FC1(F)Oc2cccc(C3OC3N3CCc4c(ncn4-c4ccccc4)C3)c2O1. The van der Waals surface area contributed by atoms with Gasteiger partial charge in [0.15, 0.2) is 11.5 Å². The Morgan fingerprint density at radius 1 is 1.03 bits per heavy atom. The van der Waals surface area contributed by atoms with Gasteiger partial charge < -0.3 is 18.8 Å². The molecular weight excluding hydrogens is 380 g/mol. The van der Waals surface area contributed by atoms with E-state index in [2.05, 4.69) is 31.3 Å². The second-order valence-corrected chi connectivity index (χ2v) is 7.35.